The van der Waals surface area contributed by atoms with Crippen molar-refractivity contribution in [2.24, 2.45) is 7.05 Å². The number of ether oxygens (including phenoxy) is 1. The molecule has 0 atom stereocenters. The summed E-state index contributed by atoms with van der Waals surface area (Å²) in [5, 5.41) is 1.11. The third kappa shape index (κ3) is 3.75. The van der Waals surface area contributed by atoms with Crippen LogP contribution < -0.4 is 10.3 Å². The molecule has 0 aliphatic carbocycles. The van der Waals surface area contributed by atoms with Gasteiger partial charge >= 0.3 is 0 Å². The predicted octanol–water partition coefficient (Wildman–Crippen LogP) is 3.31. The van der Waals surface area contributed by atoms with E-state index in [9.17, 15) is 4.79 Å². The van der Waals surface area contributed by atoms with Gasteiger partial charge in [0, 0.05) is 61.9 Å². The SMILES string of the molecule is COc1ccccc1Cc1cc2c(n(C)c1=O)CCN(Cc1cnc(C)s1)C2. The van der Waals surface area contributed by atoms with Crippen LogP contribution in [0.25, 0.3) is 0 Å². The maximum absolute atomic E-state index is 12.9. The Morgan fingerprint density at radius 1 is 1.25 bits per heavy atom. The predicted molar refractivity (Wildman–Crippen MR) is 112 cm³/mol. The number of aryl methyl sites for hydroxylation is 1. The second-order valence-electron chi connectivity index (χ2n) is 7.30. The molecular weight excluding hydrogens is 370 g/mol. The van der Waals surface area contributed by atoms with E-state index in [0.29, 0.717) is 6.42 Å². The number of methoxy groups -OCH3 is 1. The molecule has 1 aromatic carbocycles. The van der Waals surface area contributed by atoms with Gasteiger partial charge in [-0.2, -0.15) is 0 Å². The van der Waals surface area contributed by atoms with Crippen molar-refractivity contribution in [1.29, 1.82) is 0 Å². The van der Waals surface area contributed by atoms with Crippen LogP contribution in [0.1, 0.15) is 32.3 Å². The minimum atomic E-state index is 0.0937. The highest BCUT2D eigenvalue weighted by molar-refractivity contribution is 7.11. The minimum Gasteiger partial charge on any atom is -0.496 e. The van der Waals surface area contributed by atoms with Crippen molar-refractivity contribution in [3.63, 3.8) is 0 Å². The molecule has 0 amide bonds. The van der Waals surface area contributed by atoms with Crippen LogP contribution in [0.5, 0.6) is 5.75 Å². The number of hydrogen-bond acceptors (Lipinski definition) is 5. The highest BCUT2D eigenvalue weighted by Crippen LogP contribution is 2.24. The number of hydrogen-bond donors (Lipinski definition) is 0. The summed E-state index contributed by atoms with van der Waals surface area (Å²) >= 11 is 1.76. The van der Waals surface area contributed by atoms with E-state index in [1.54, 1.807) is 18.4 Å². The number of aromatic nitrogens is 2. The van der Waals surface area contributed by atoms with Crippen LogP contribution in [0.2, 0.25) is 0 Å². The number of rotatable bonds is 5. The van der Waals surface area contributed by atoms with Gasteiger partial charge in [-0.15, -0.1) is 11.3 Å². The zero-order chi connectivity index (χ0) is 19.7. The Balaban J connectivity index is 1.61. The summed E-state index contributed by atoms with van der Waals surface area (Å²) in [6.07, 6.45) is 3.45. The largest absolute Gasteiger partial charge is 0.496 e. The van der Waals surface area contributed by atoms with Crippen molar-refractivity contribution in [2.75, 3.05) is 13.7 Å². The minimum absolute atomic E-state index is 0.0937. The highest BCUT2D eigenvalue weighted by Gasteiger charge is 2.21. The van der Waals surface area contributed by atoms with Crippen LogP contribution in [0.4, 0.5) is 0 Å². The fourth-order valence-corrected chi connectivity index (χ4v) is 4.81. The first kappa shape index (κ1) is 18.9. The van der Waals surface area contributed by atoms with E-state index in [4.69, 9.17) is 4.74 Å². The van der Waals surface area contributed by atoms with Gasteiger partial charge in [-0.05, 0) is 30.2 Å². The van der Waals surface area contributed by atoms with Crippen molar-refractivity contribution < 1.29 is 4.74 Å². The lowest BCUT2D eigenvalue weighted by Crippen LogP contribution is -2.35. The molecule has 28 heavy (non-hydrogen) atoms. The first-order valence-electron chi connectivity index (χ1n) is 9.51. The normalized spacial score (nSPS) is 14.1. The molecule has 3 aromatic rings. The van der Waals surface area contributed by atoms with Gasteiger partial charge in [-0.3, -0.25) is 9.69 Å². The number of fused-ring (bicyclic) bond motifs is 1. The van der Waals surface area contributed by atoms with Crippen molar-refractivity contribution in [2.45, 2.75) is 32.9 Å². The van der Waals surface area contributed by atoms with Crippen molar-refractivity contribution in [1.82, 2.24) is 14.5 Å². The number of thiazole rings is 1. The Hall–Kier alpha value is -2.44. The van der Waals surface area contributed by atoms with Gasteiger partial charge in [0.1, 0.15) is 5.75 Å². The summed E-state index contributed by atoms with van der Waals surface area (Å²) in [6.45, 7) is 4.78. The molecule has 4 rings (SSSR count). The van der Waals surface area contributed by atoms with Crippen LogP contribution in [0.3, 0.4) is 0 Å². The van der Waals surface area contributed by atoms with Crippen LogP contribution in [0, 0.1) is 6.92 Å². The molecule has 3 heterocycles. The maximum Gasteiger partial charge on any atom is 0.254 e. The smallest absolute Gasteiger partial charge is 0.254 e. The van der Waals surface area contributed by atoms with E-state index in [-0.39, 0.29) is 5.56 Å². The van der Waals surface area contributed by atoms with Gasteiger partial charge in [-0.25, -0.2) is 4.98 Å². The molecule has 1 aliphatic heterocycles. The Morgan fingerprint density at radius 2 is 2.07 bits per heavy atom. The fourth-order valence-electron chi connectivity index (χ4n) is 3.97. The molecule has 0 radical (unpaired) electrons. The molecule has 146 valence electrons. The Morgan fingerprint density at radius 3 is 2.82 bits per heavy atom. The highest BCUT2D eigenvalue weighted by atomic mass is 32.1. The summed E-state index contributed by atoms with van der Waals surface area (Å²) in [7, 11) is 3.57. The summed E-state index contributed by atoms with van der Waals surface area (Å²) in [4.78, 5) is 21.0. The third-order valence-corrected chi connectivity index (χ3v) is 6.28. The van der Waals surface area contributed by atoms with Crippen LogP contribution in [-0.4, -0.2) is 28.1 Å². The molecule has 1 aliphatic rings. The zero-order valence-electron chi connectivity index (χ0n) is 16.6. The number of para-hydroxylation sites is 1. The molecule has 0 saturated heterocycles. The fraction of sp³-hybridized carbons (Fsp3) is 0.364. The van der Waals surface area contributed by atoms with Gasteiger partial charge in [0.2, 0.25) is 0 Å². The third-order valence-electron chi connectivity index (χ3n) is 5.38. The Labute approximate surface area is 169 Å². The second-order valence-corrected chi connectivity index (χ2v) is 8.62. The Kier molecular flexibility index (Phi) is 5.33. The zero-order valence-corrected chi connectivity index (χ0v) is 17.4. The van der Waals surface area contributed by atoms with Crippen LogP contribution in [0.15, 0.2) is 41.3 Å². The molecule has 0 bridgehead atoms. The molecule has 0 spiro atoms. The number of benzene rings is 1. The average molecular weight is 396 g/mol. The average Bonchev–Trinajstić information content (AvgIpc) is 3.11. The Bertz CT molecular complexity index is 1050. The van der Waals surface area contributed by atoms with E-state index >= 15 is 0 Å². The summed E-state index contributed by atoms with van der Waals surface area (Å²) in [5.74, 6) is 0.824. The second kappa shape index (κ2) is 7.89. The molecule has 0 N–H and O–H groups in total. The van der Waals surface area contributed by atoms with E-state index < -0.39 is 0 Å². The molecule has 0 fully saturated rings. The van der Waals surface area contributed by atoms with E-state index in [0.717, 1.165) is 53.6 Å². The van der Waals surface area contributed by atoms with Crippen LogP contribution in [-0.2, 0) is 33.0 Å². The quantitative estimate of drug-likeness (QED) is 0.665. The molecule has 6 heteroatoms. The van der Waals surface area contributed by atoms with E-state index in [1.807, 2.05) is 49.0 Å². The van der Waals surface area contributed by atoms with Gasteiger partial charge in [-0.1, -0.05) is 18.2 Å². The van der Waals surface area contributed by atoms with E-state index in [1.165, 1.54) is 10.4 Å². The molecule has 2 aromatic heterocycles. The van der Waals surface area contributed by atoms with Crippen molar-refractivity contribution in [3.05, 3.63) is 79.2 Å². The molecule has 5 nitrogen and oxygen atoms in total. The van der Waals surface area contributed by atoms with Gasteiger partial charge in [0.15, 0.2) is 0 Å². The van der Waals surface area contributed by atoms with E-state index in [2.05, 4.69) is 16.0 Å². The monoisotopic (exact) mass is 395 g/mol. The van der Waals surface area contributed by atoms with Crippen molar-refractivity contribution in [3.8, 4) is 5.75 Å². The number of nitrogens with zero attached hydrogens (tertiary/aromatic N) is 3. The molecule has 0 unspecified atom stereocenters. The maximum atomic E-state index is 12.9. The van der Waals surface area contributed by atoms with Gasteiger partial charge < -0.3 is 9.30 Å². The van der Waals surface area contributed by atoms with Crippen LogP contribution >= 0.6 is 11.3 Å². The standard InChI is InChI=1S/C22H25N3O2S/c1-15-23-12-19(28-15)14-25-9-8-20-18(13-25)11-17(22(26)24(20)2)10-16-6-4-5-7-21(16)27-3/h4-7,11-12H,8-10,13-14H2,1-3H3. The van der Waals surface area contributed by atoms with Gasteiger partial charge in [0.25, 0.3) is 5.56 Å². The first-order valence-corrected chi connectivity index (χ1v) is 10.3. The van der Waals surface area contributed by atoms with Crippen molar-refractivity contribution >= 4 is 11.3 Å². The lowest BCUT2D eigenvalue weighted by Gasteiger charge is -2.30. The summed E-state index contributed by atoms with van der Waals surface area (Å²) in [5.41, 5.74) is 4.36. The van der Waals surface area contributed by atoms with Gasteiger partial charge in [0.05, 0.1) is 12.1 Å². The topological polar surface area (TPSA) is 47.4 Å². The summed E-state index contributed by atoms with van der Waals surface area (Å²) in [6, 6.07) is 10.0. The lowest BCUT2D eigenvalue weighted by atomic mass is 9.99. The molecule has 0 saturated carbocycles. The number of pyridine rings is 1. The lowest BCUT2D eigenvalue weighted by molar-refractivity contribution is 0.242. The first-order chi connectivity index (χ1) is 13.5. The molecular formula is C22H25N3O2S. The summed E-state index contributed by atoms with van der Waals surface area (Å²) < 4.78 is 7.31.